The molecule has 1 aliphatic heterocycles. The molecule has 0 amide bonds. The molecule has 2 aromatic rings. The first kappa shape index (κ1) is 18.6. The maximum Gasteiger partial charge on any atom is 0.475 e. The van der Waals surface area contributed by atoms with E-state index in [4.69, 9.17) is 4.42 Å². The number of halogens is 3. The third-order valence-electron chi connectivity index (χ3n) is 3.47. The first-order valence-corrected chi connectivity index (χ1v) is 10.1. The van der Waals surface area contributed by atoms with Crippen molar-refractivity contribution in [3.63, 3.8) is 0 Å². The van der Waals surface area contributed by atoms with Crippen LogP contribution in [0.1, 0.15) is 6.92 Å². The molecule has 0 saturated carbocycles. The van der Waals surface area contributed by atoms with Crippen LogP contribution in [0.15, 0.2) is 44.8 Å². The van der Waals surface area contributed by atoms with E-state index in [1.54, 1.807) is 6.08 Å². The molecule has 26 heavy (non-hydrogen) atoms. The molecule has 1 aromatic carbocycles. The molecule has 1 aliphatic rings. The molecule has 0 fully saturated rings. The van der Waals surface area contributed by atoms with Crippen LogP contribution in [0.5, 0.6) is 0 Å². The highest BCUT2D eigenvalue weighted by Gasteiger charge is 2.38. The third-order valence-corrected chi connectivity index (χ3v) is 6.22. The third kappa shape index (κ3) is 3.38. The van der Waals surface area contributed by atoms with Crippen molar-refractivity contribution in [3.05, 3.63) is 30.5 Å². The summed E-state index contributed by atoms with van der Waals surface area (Å²) in [4.78, 5) is 8.63. The zero-order valence-corrected chi connectivity index (χ0v) is 14.9. The summed E-state index contributed by atoms with van der Waals surface area (Å²) < 4.78 is 79.1. The van der Waals surface area contributed by atoms with Gasteiger partial charge in [0.25, 0.3) is 0 Å². The molecular weight excluding hydrogens is 395 g/mol. The Kier molecular flexibility index (Phi) is 4.65. The molecule has 0 N–H and O–H groups in total. The highest BCUT2D eigenvalue weighted by atomic mass is 32.2. The van der Waals surface area contributed by atoms with E-state index in [2.05, 4.69) is 9.98 Å². The van der Waals surface area contributed by atoms with Crippen LogP contribution in [0.25, 0.3) is 11.1 Å². The Bertz CT molecular complexity index is 1040. The van der Waals surface area contributed by atoms with Crippen LogP contribution in [0.2, 0.25) is 0 Å². The molecule has 3 rings (SSSR count). The Balaban J connectivity index is 2.03. The Morgan fingerprint density at radius 1 is 1.35 bits per heavy atom. The zero-order valence-electron chi connectivity index (χ0n) is 13.2. The average molecular weight is 407 g/mol. The average Bonchev–Trinajstić information content (AvgIpc) is 3.03. The SMILES string of the molecule is CCS(=O)(=O)C1=NC=CCN1c1nc2cc(S(=O)C(F)(F)F)ccc2o1. The number of aliphatic imine (C=N–C) groups is 1. The van der Waals surface area contributed by atoms with Crippen LogP contribution in [0.4, 0.5) is 19.2 Å². The van der Waals surface area contributed by atoms with Crippen LogP contribution < -0.4 is 4.90 Å². The molecule has 0 bridgehead atoms. The quantitative estimate of drug-likeness (QED) is 0.777. The monoisotopic (exact) mass is 407 g/mol. The van der Waals surface area contributed by atoms with Gasteiger partial charge in [0.15, 0.2) is 16.4 Å². The molecule has 0 aliphatic carbocycles. The van der Waals surface area contributed by atoms with Crippen LogP contribution in [-0.4, -0.2) is 40.6 Å². The minimum Gasteiger partial charge on any atom is -0.423 e. The lowest BCUT2D eigenvalue weighted by Gasteiger charge is -2.21. The van der Waals surface area contributed by atoms with Gasteiger partial charge in [-0.05, 0) is 24.3 Å². The van der Waals surface area contributed by atoms with Gasteiger partial charge in [-0.1, -0.05) is 6.92 Å². The lowest BCUT2D eigenvalue weighted by Crippen LogP contribution is -2.39. The van der Waals surface area contributed by atoms with Gasteiger partial charge in [-0.2, -0.15) is 18.2 Å². The molecule has 2 heterocycles. The van der Waals surface area contributed by atoms with Crippen molar-refractivity contribution in [2.24, 2.45) is 4.99 Å². The molecule has 0 radical (unpaired) electrons. The van der Waals surface area contributed by atoms with Crippen molar-refractivity contribution in [2.45, 2.75) is 17.3 Å². The molecule has 1 aromatic heterocycles. The largest absolute Gasteiger partial charge is 0.475 e. The van der Waals surface area contributed by atoms with E-state index < -0.39 is 31.0 Å². The maximum atomic E-state index is 12.6. The van der Waals surface area contributed by atoms with Gasteiger partial charge >= 0.3 is 11.5 Å². The van der Waals surface area contributed by atoms with E-state index in [9.17, 15) is 25.8 Å². The van der Waals surface area contributed by atoms with E-state index in [0.717, 1.165) is 12.1 Å². The minimum absolute atomic E-state index is 0.0258. The molecule has 7 nitrogen and oxygen atoms in total. The topological polar surface area (TPSA) is 92.8 Å². The Morgan fingerprint density at radius 3 is 2.73 bits per heavy atom. The fourth-order valence-corrected chi connectivity index (χ4v) is 3.86. The molecule has 12 heteroatoms. The number of rotatable bonds is 3. The zero-order chi connectivity index (χ0) is 19.1. The van der Waals surface area contributed by atoms with E-state index in [-0.39, 0.29) is 34.6 Å². The Labute approximate surface area is 148 Å². The van der Waals surface area contributed by atoms with Crippen LogP contribution in [0, 0.1) is 0 Å². The van der Waals surface area contributed by atoms with Gasteiger partial charge in [0.05, 0.1) is 10.6 Å². The number of anilines is 1. The number of fused-ring (bicyclic) bond motifs is 1. The maximum absolute atomic E-state index is 12.6. The summed E-state index contributed by atoms with van der Waals surface area (Å²) in [5.74, 6) is -0.189. The second-order valence-electron chi connectivity index (χ2n) is 5.15. The number of nitrogens with zero attached hydrogens (tertiary/aromatic N) is 3. The predicted octanol–water partition coefficient (Wildman–Crippen LogP) is 2.58. The molecule has 0 spiro atoms. The predicted molar refractivity (Wildman–Crippen MR) is 89.9 cm³/mol. The second kappa shape index (κ2) is 6.50. The first-order chi connectivity index (χ1) is 12.1. The van der Waals surface area contributed by atoms with E-state index >= 15 is 0 Å². The number of amidine groups is 1. The standard InChI is InChI=1S/C14H12F3N3O4S2/c1-2-26(22,23)13-18-6-3-7-20(13)12-19-10-8-9(4-5-11(10)24-12)25(21)14(15,16)17/h3-6,8H,2,7H2,1H3. The van der Waals surface area contributed by atoms with Gasteiger partial charge in [-0.15, -0.1) is 0 Å². The van der Waals surface area contributed by atoms with Gasteiger partial charge in [0.2, 0.25) is 15.0 Å². The fraction of sp³-hybridized carbons (Fsp3) is 0.286. The summed E-state index contributed by atoms with van der Waals surface area (Å²) in [5.41, 5.74) is -4.74. The number of sulfone groups is 1. The lowest BCUT2D eigenvalue weighted by atomic mass is 10.3. The molecule has 140 valence electrons. The molecule has 1 unspecified atom stereocenters. The van der Waals surface area contributed by atoms with Crippen molar-refractivity contribution < 1.29 is 30.2 Å². The van der Waals surface area contributed by atoms with Crippen LogP contribution in [0.3, 0.4) is 0 Å². The first-order valence-electron chi connectivity index (χ1n) is 7.26. The number of hydrogen-bond acceptors (Lipinski definition) is 7. The highest BCUT2D eigenvalue weighted by Crippen LogP contribution is 2.30. The smallest absolute Gasteiger partial charge is 0.423 e. The number of oxazole rings is 1. The van der Waals surface area contributed by atoms with E-state index in [1.807, 2.05) is 0 Å². The lowest BCUT2D eigenvalue weighted by molar-refractivity contribution is -0.0384. The molecule has 0 saturated heterocycles. The number of alkyl halides is 3. The molecule has 1 atom stereocenters. The second-order valence-corrected chi connectivity index (χ2v) is 8.79. The van der Waals surface area contributed by atoms with Crippen molar-refractivity contribution in [2.75, 3.05) is 17.2 Å². The summed E-state index contributed by atoms with van der Waals surface area (Å²) in [6.07, 6.45) is 2.92. The summed E-state index contributed by atoms with van der Waals surface area (Å²) in [7, 11) is -6.87. The number of benzene rings is 1. The Hall–Kier alpha value is -2.21. The number of aromatic nitrogens is 1. The van der Waals surface area contributed by atoms with E-state index in [1.165, 1.54) is 24.1 Å². The van der Waals surface area contributed by atoms with Gasteiger partial charge in [0.1, 0.15) is 5.52 Å². The summed E-state index contributed by atoms with van der Waals surface area (Å²) >= 11 is 0. The van der Waals surface area contributed by atoms with Crippen LogP contribution >= 0.6 is 0 Å². The van der Waals surface area contributed by atoms with Gasteiger partial charge in [-0.25, -0.2) is 17.6 Å². The summed E-state index contributed by atoms with van der Waals surface area (Å²) in [6, 6.07) is 3.09. The highest BCUT2D eigenvalue weighted by molar-refractivity contribution is 8.06. The van der Waals surface area contributed by atoms with Gasteiger partial charge in [0, 0.05) is 12.7 Å². The minimum atomic E-state index is -4.90. The van der Waals surface area contributed by atoms with Crippen LogP contribution in [-0.2, 0) is 20.6 Å². The van der Waals surface area contributed by atoms with Gasteiger partial charge in [-0.3, -0.25) is 4.90 Å². The van der Waals surface area contributed by atoms with Crippen molar-refractivity contribution in [1.82, 2.24) is 4.98 Å². The summed E-state index contributed by atoms with van der Waals surface area (Å²) in [5, 5.41) is -0.256. The van der Waals surface area contributed by atoms with Crippen molar-refractivity contribution >= 4 is 42.9 Å². The molecular formula is C14H12F3N3O4S2. The normalized spacial score (nSPS) is 16.8. The Morgan fingerprint density at radius 2 is 2.08 bits per heavy atom. The van der Waals surface area contributed by atoms with Crippen molar-refractivity contribution in [3.8, 4) is 0 Å². The van der Waals surface area contributed by atoms with Crippen molar-refractivity contribution in [1.29, 1.82) is 0 Å². The fourth-order valence-electron chi connectivity index (χ4n) is 2.21. The van der Waals surface area contributed by atoms with E-state index in [0.29, 0.717) is 0 Å². The summed E-state index contributed by atoms with van der Waals surface area (Å²) in [6.45, 7) is 1.57. The number of hydrogen-bond donors (Lipinski definition) is 0. The van der Waals surface area contributed by atoms with Gasteiger partial charge < -0.3 is 4.42 Å².